The van der Waals surface area contributed by atoms with E-state index in [2.05, 4.69) is 10.3 Å². The molecule has 122 valence electrons. The van der Waals surface area contributed by atoms with Crippen molar-refractivity contribution in [1.29, 1.82) is 0 Å². The van der Waals surface area contributed by atoms with Crippen LogP contribution < -0.4 is 10.9 Å². The van der Waals surface area contributed by atoms with E-state index in [9.17, 15) is 9.59 Å². The van der Waals surface area contributed by atoms with Gasteiger partial charge < -0.3 is 14.2 Å². The van der Waals surface area contributed by atoms with Crippen molar-refractivity contribution in [3.63, 3.8) is 0 Å². The number of hydrogen-bond donors (Lipinski definition) is 1. The van der Waals surface area contributed by atoms with E-state index in [-0.39, 0.29) is 11.5 Å². The van der Waals surface area contributed by atoms with Crippen LogP contribution in [0.3, 0.4) is 0 Å². The number of para-hydroxylation sites is 2. The Labute approximate surface area is 141 Å². The van der Waals surface area contributed by atoms with Crippen molar-refractivity contribution >= 4 is 22.7 Å². The van der Waals surface area contributed by atoms with Gasteiger partial charge in [0, 0.05) is 17.3 Å². The molecule has 0 spiro atoms. The smallest absolute Gasteiger partial charge is 0.335 e. The Morgan fingerprint density at radius 3 is 2.68 bits per heavy atom. The molecule has 0 aliphatic carbocycles. The lowest BCUT2D eigenvalue weighted by atomic mass is 10.2. The second-order valence-electron chi connectivity index (χ2n) is 5.37. The maximum Gasteiger partial charge on any atom is 0.335 e. The highest BCUT2D eigenvalue weighted by Crippen LogP contribution is 2.26. The van der Waals surface area contributed by atoms with Crippen molar-refractivity contribution in [2.45, 2.75) is 0 Å². The van der Waals surface area contributed by atoms with Crippen LogP contribution in [-0.2, 0) is 0 Å². The molecule has 0 unspecified atom stereocenters. The highest BCUT2D eigenvalue weighted by molar-refractivity contribution is 6.04. The Morgan fingerprint density at radius 2 is 1.88 bits per heavy atom. The molecule has 25 heavy (non-hydrogen) atoms. The van der Waals surface area contributed by atoms with E-state index in [1.165, 1.54) is 12.1 Å². The van der Waals surface area contributed by atoms with Crippen LogP contribution in [0.25, 0.3) is 22.6 Å². The molecule has 2 aromatic heterocycles. The highest BCUT2D eigenvalue weighted by Gasteiger charge is 2.11. The van der Waals surface area contributed by atoms with Crippen molar-refractivity contribution in [3.8, 4) is 11.5 Å². The molecule has 0 saturated carbocycles. The van der Waals surface area contributed by atoms with Gasteiger partial charge in [0.05, 0.1) is 5.56 Å². The second kappa shape index (κ2) is 6.09. The monoisotopic (exact) mass is 332 g/mol. The number of carbonyl (C=O) groups excluding carboxylic acids is 1. The Bertz CT molecular complexity index is 1070. The molecule has 0 saturated heterocycles. The first-order valence-electron chi connectivity index (χ1n) is 7.55. The molecule has 1 amide bonds. The van der Waals surface area contributed by atoms with Crippen LogP contribution in [0, 0.1) is 0 Å². The number of aromatic nitrogens is 1. The Balaban J connectivity index is 1.61. The lowest BCUT2D eigenvalue weighted by Gasteiger charge is -2.05. The van der Waals surface area contributed by atoms with Crippen molar-refractivity contribution in [3.05, 3.63) is 82.9 Å². The minimum absolute atomic E-state index is 0.256. The first-order valence-corrected chi connectivity index (χ1v) is 7.55. The molecule has 4 rings (SSSR count). The molecule has 0 aliphatic rings. The van der Waals surface area contributed by atoms with Crippen LogP contribution in [0.5, 0.6) is 0 Å². The molecule has 6 nitrogen and oxygen atoms in total. The minimum Gasteiger partial charge on any atom is -0.436 e. The number of anilines is 1. The van der Waals surface area contributed by atoms with Gasteiger partial charge in [-0.25, -0.2) is 9.78 Å². The Hall–Kier alpha value is -3.67. The summed E-state index contributed by atoms with van der Waals surface area (Å²) in [5.41, 5.74) is 2.54. The fourth-order valence-corrected chi connectivity index (χ4v) is 2.42. The maximum atomic E-state index is 12.2. The summed E-state index contributed by atoms with van der Waals surface area (Å²) in [5.74, 6) is 0.0986. The molecule has 0 radical (unpaired) electrons. The summed E-state index contributed by atoms with van der Waals surface area (Å²) in [5, 5.41) is 2.75. The normalized spacial score (nSPS) is 10.7. The van der Waals surface area contributed by atoms with Crippen molar-refractivity contribution in [2.75, 3.05) is 5.32 Å². The molecule has 0 bridgehead atoms. The summed E-state index contributed by atoms with van der Waals surface area (Å²) in [6.07, 6.45) is 1.13. The van der Waals surface area contributed by atoms with Crippen LogP contribution in [0.15, 0.2) is 80.6 Å². The molecule has 0 atom stereocenters. The number of nitrogens with zero attached hydrogens (tertiary/aromatic N) is 1. The zero-order valence-electron chi connectivity index (χ0n) is 12.9. The SMILES string of the molecule is O=C(Nc1cccc(-c2nc3ccccc3o2)c1)c1ccc(=O)oc1. The molecule has 4 aromatic rings. The van der Waals surface area contributed by atoms with Gasteiger partial charge in [-0.2, -0.15) is 0 Å². The number of fused-ring (bicyclic) bond motifs is 1. The van der Waals surface area contributed by atoms with Crippen LogP contribution in [0.4, 0.5) is 5.69 Å². The first-order chi connectivity index (χ1) is 12.2. The summed E-state index contributed by atoms with van der Waals surface area (Å²) in [6.45, 7) is 0. The van der Waals surface area contributed by atoms with Gasteiger partial charge >= 0.3 is 5.63 Å². The molecule has 0 fully saturated rings. The molecular weight excluding hydrogens is 320 g/mol. The van der Waals surface area contributed by atoms with Crippen LogP contribution >= 0.6 is 0 Å². The van der Waals surface area contributed by atoms with E-state index in [0.717, 1.165) is 17.3 Å². The molecule has 2 heterocycles. The van der Waals surface area contributed by atoms with Gasteiger partial charge in [-0.3, -0.25) is 4.79 Å². The van der Waals surface area contributed by atoms with E-state index in [1.54, 1.807) is 18.2 Å². The number of amides is 1. The lowest BCUT2D eigenvalue weighted by Crippen LogP contribution is -2.12. The van der Waals surface area contributed by atoms with Gasteiger partial charge in [-0.05, 0) is 36.4 Å². The van der Waals surface area contributed by atoms with Gasteiger partial charge in [0.1, 0.15) is 11.8 Å². The average Bonchev–Trinajstić information content (AvgIpc) is 3.07. The largest absolute Gasteiger partial charge is 0.436 e. The molecule has 0 aliphatic heterocycles. The van der Waals surface area contributed by atoms with Crippen LogP contribution in [0.2, 0.25) is 0 Å². The molecular formula is C19H12N2O4. The third-order valence-electron chi connectivity index (χ3n) is 3.62. The lowest BCUT2D eigenvalue weighted by molar-refractivity contribution is 0.102. The zero-order chi connectivity index (χ0) is 17.2. The topological polar surface area (TPSA) is 85.3 Å². The van der Waals surface area contributed by atoms with E-state index < -0.39 is 5.63 Å². The third-order valence-corrected chi connectivity index (χ3v) is 3.62. The molecule has 2 aromatic carbocycles. The van der Waals surface area contributed by atoms with Gasteiger partial charge in [0.25, 0.3) is 5.91 Å². The summed E-state index contributed by atoms with van der Waals surface area (Å²) < 4.78 is 10.4. The van der Waals surface area contributed by atoms with Crippen molar-refractivity contribution in [1.82, 2.24) is 4.98 Å². The van der Waals surface area contributed by atoms with Gasteiger partial charge in [-0.15, -0.1) is 0 Å². The van der Waals surface area contributed by atoms with Crippen LogP contribution in [0.1, 0.15) is 10.4 Å². The standard InChI is InChI=1S/C19H12N2O4/c22-17-9-8-13(11-24-17)18(23)20-14-5-3-4-12(10-14)19-21-15-6-1-2-7-16(15)25-19/h1-11H,(H,20,23). The summed E-state index contributed by atoms with van der Waals surface area (Å²) >= 11 is 0. The average molecular weight is 332 g/mol. The minimum atomic E-state index is -0.505. The number of rotatable bonds is 3. The second-order valence-corrected chi connectivity index (χ2v) is 5.37. The first kappa shape index (κ1) is 14.9. The third kappa shape index (κ3) is 3.05. The summed E-state index contributed by atoms with van der Waals surface area (Å²) in [4.78, 5) is 27.6. The number of nitrogens with one attached hydrogen (secondary N) is 1. The van der Waals surface area contributed by atoms with E-state index >= 15 is 0 Å². The summed E-state index contributed by atoms with van der Waals surface area (Å²) in [6, 6.07) is 17.3. The van der Waals surface area contributed by atoms with Gasteiger partial charge in [-0.1, -0.05) is 18.2 Å². The fraction of sp³-hybridized carbons (Fsp3) is 0. The van der Waals surface area contributed by atoms with E-state index in [4.69, 9.17) is 8.83 Å². The number of benzene rings is 2. The number of hydrogen-bond acceptors (Lipinski definition) is 5. The van der Waals surface area contributed by atoms with Crippen molar-refractivity contribution < 1.29 is 13.6 Å². The fourth-order valence-electron chi connectivity index (χ4n) is 2.42. The van der Waals surface area contributed by atoms with Gasteiger partial charge in [0.2, 0.25) is 5.89 Å². The van der Waals surface area contributed by atoms with Crippen LogP contribution in [-0.4, -0.2) is 10.9 Å². The maximum absolute atomic E-state index is 12.2. The van der Waals surface area contributed by atoms with E-state index in [1.807, 2.05) is 30.3 Å². The van der Waals surface area contributed by atoms with Gasteiger partial charge in [0.15, 0.2) is 5.58 Å². The molecule has 1 N–H and O–H groups in total. The number of carbonyl (C=O) groups is 1. The predicted octanol–water partition coefficient (Wildman–Crippen LogP) is 3.70. The molecule has 6 heteroatoms. The summed E-state index contributed by atoms with van der Waals surface area (Å²) in [7, 11) is 0. The van der Waals surface area contributed by atoms with E-state index in [0.29, 0.717) is 17.2 Å². The Morgan fingerprint density at radius 1 is 1.00 bits per heavy atom. The quantitative estimate of drug-likeness (QED) is 0.618. The number of oxazole rings is 1. The van der Waals surface area contributed by atoms with Crippen molar-refractivity contribution in [2.24, 2.45) is 0 Å². The highest BCUT2D eigenvalue weighted by atomic mass is 16.4. The predicted molar refractivity (Wildman–Crippen MR) is 92.4 cm³/mol. The zero-order valence-corrected chi connectivity index (χ0v) is 12.9. The Kier molecular flexibility index (Phi) is 3.63.